The van der Waals surface area contributed by atoms with Crippen molar-refractivity contribution in [3.8, 4) is 0 Å². The van der Waals surface area contributed by atoms with Gasteiger partial charge >= 0.3 is 0 Å². The Morgan fingerprint density at radius 3 is 2.79 bits per heavy atom. The standard InChI is InChI=1S/C18H27N3O3/c1-19-16(22)6-10-18(24)9-3-13-21(14-18)17(23)5-2-4-15-7-11-20-12-8-15/h7-8,11-12,24H,2-6,9-10,13-14H2,1H3,(H,19,22). The van der Waals surface area contributed by atoms with Gasteiger partial charge < -0.3 is 15.3 Å². The van der Waals surface area contributed by atoms with Crippen LogP contribution in [0.4, 0.5) is 0 Å². The molecule has 0 radical (unpaired) electrons. The number of hydrogen-bond acceptors (Lipinski definition) is 4. The first-order chi connectivity index (χ1) is 11.5. The molecule has 0 spiro atoms. The Bertz CT molecular complexity index is 550. The van der Waals surface area contributed by atoms with Gasteiger partial charge in [-0.1, -0.05) is 0 Å². The van der Waals surface area contributed by atoms with Crippen molar-refractivity contribution in [2.24, 2.45) is 0 Å². The van der Waals surface area contributed by atoms with Crippen LogP contribution in [0.5, 0.6) is 0 Å². The lowest BCUT2D eigenvalue weighted by atomic mass is 9.88. The fourth-order valence-electron chi connectivity index (χ4n) is 3.15. The number of β-amino-alcohol motifs (C(OH)–C–C–N with tert-alkyl or cyclic N) is 1. The molecule has 1 atom stereocenters. The van der Waals surface area contributed by atoms with Crippen molar-refractivity contribution in [2.45, 2.75) is 50.5 Å². The Hall–Kier alpha value is -1.95. The second-order valence-corrected chi connectivity index (χ2v) is 6.53. The van der Waals surface area contributed by atoms with Gasteiger partial charge in [0.15, 0.2) is 0 Å². The van der Waals surface area contributed by atoms with E-state index in [-0.39, 0.29) is 18.2 Å². The maximum atomic E-state index is 12.4. The molecule has 1 aromatic rings. The van der Waals surface area contributed by atoms with Gasteiger partial charge in [0.05, 0.1) is 5.60 Å². The molecule has 2 rings (SSSR count). The van der Waals surface area contributed by atoms with E-state index in [0.29, 0.717) is 32.4 Å². The molecular formula is C18H27N3O3. The van der Waals surface area contributed by atoms with Crippen molar-refractivity contribution in [1.82, 2.24) is 15.2 Å². The Morgan fingerprint density at radius 1 is 1.33 bits per heavy atom. The van der Waals surface area contributed by atoms with Crippen LogP contribution in [-0.2, 0) is 16.0 Å². The highest BCUT2D eigenvalue weighted by Gasteiger charge is 2.35. The van der Waals surface area contributed by atoms with Gasteiger partial charge in [-0.05, 0) is 49.8 Å². The lowest BCUT2D eigenvalue weighted by Crippen LogP contribution is -2.50. The van der Waals surface area contributed by atoms with E-state index in [1.807, 2.05) is 12.1 Å². The van der Waals surface area contributed by atoms with Crippen LogP contribution < -0.4 is 5.32 Å². The zero-order valence-electron chi connectivity index (χ0n) is 14.3. The van der Waals surface area contributed by atoms with Gasteiger partial charge in [0.2, 0.25) is 11.8 Å². The maximum absolute atomic E-state index is 12.4. The number of aryl methyl sites for hydroxylation is 1. The monoisotopic (exact) mass is 333 g/mol. The van der Waals surface area contributed by atoms with Gasteiger partial charge in [0, 0.05) is 45.4 Å². The number of rotatable bonds is 7. The molecule has 0 saturated carbocycles. The summed E-state index contributed by atoms with van der Waals surface area (Å²) in [6.07, 6.45) is 7.74. The van der Waals surface area contributed by atoms with E-state index in [0.717, 1.165) is 19.3 Å². The molecule has 1 fully saturated rings. The normalized spacial score (nSPS) is 20.7. The molecule has 24 heavy (non-hydrogen) atoms. The number of aliphatic hydroxyl groups is 1. The summed E-state index contributed by atoms with van der Waals surface area (Å²) in [6, 6.07) is 3.92. The molecule has 1 saturated heterocycles. The Labute approximate surface area is 143 Å². The van der Waals surface area contributed by atoms with Crippen LogP contribution in [0.25, 0.3) is 0 Å². The van der Waals surface area contributed by atoms with Gasteiger partial charge in [-0.15, -0.1) is 0 Å². The highest BCUT2D eigenvalue weighted by atomic mass is 16.3. The number of aromatic nitrogens is 1. The minimum absolute atomic E-state index is 0.0794. The molecule has 0 aromatic carbocycles. The summed E-state index contributed by atoms with van der Waals surface area (Å²) >= 11 is 0. The Balaban J connectivity index is 1.78. The average molecular weight is 333 g/mol. The predicted molar refractivity (Wildman–Crippen MR) is 91.2 cm³/mol. The molecule has 2 amide bonds. The molecule has 6 heteroatoms. The Kier molecular flexibility index (Phi) is 6.73. The molecule has 2 N–H and O–H groups in total. The zero-order valence-corrected chi connectivity index (χ0v) is 14.3. The number of nitrogens with zero attached hydrogens (tertiary/aromatic N) is 2. The van der Waals surface area contributed by atoms with Crippen LogP contribution in [0, 0.1) is 0 Å². The van der Waals surface area contributed by atoms with Gasteiger partial charge in [-0.25, -0.2) is 0 Å². The molecule has 0 aliphatic carbocycles. The highest BCUT2D eigenvalue weighted by molar-refractivity contribution is 5.77. The molecule has 132 valence electrons. The third kappa shape index (κ3) is 5.60. The van der Waals surface area contributed by atoms with E-state index in [4.69, 9.17) is 0 Å². The lowest BCUT2D eigenvalue weighted by Gasteiger charge is -2.39. The second kappa shape index (κ2) is 8.78. The number of carbonyl (C=O) groups is 2. The number of hydrogen-bond donors (Lipinski definition) is 2. The number of likely N-dealkylation sites (tertiary alicyclic amines) is 1. The summed E-state index contributed by atoms with van der Waals surface area (Å²) in [5, 5.41) is 13.2. The second-order valence-electron chi connectivity index (χ2n) is 6.53. The fourth-order valence-corrected chi connectivity index (χ4v) is 3.15. The molecule has 1 aliphatic heterocycles. The van der Waals surface area contributed by atoms with Crippen molar-refractivity contribution < 1.29 is 14.7 Å². The van der Waals surface area contributed by atoms with Crippen molar-refractivity contribution in [1.29, 1.82) is 0 Å². The number of amides is 2. The molecule has 2 heterocycles. The molecule has 1 unspecified atom stereocenters. The van der Waals surface area contributed by atoms with Crippen LogP contribution in [0.3, 0.4) is 0 Å². The SMILES string of the molecule is CNC(=O)CCC1(O)CCCN(C(=O)CCCc2ccncc2)C1. The summed E-state index contributed by atoms with van der Waals surface area (Å²) in [7, 11) is 1.59. The number of piperidine rings is 1. The summed E-state index contributed by atoms with van der Waals surface area (Å²) < 4.78 is 0. The molecular weight excluding hydrogens is 306 g/mol. The van der Waals surface area contributed by atoms with Gasteiger partial charge in [0.1, 0.15) is 0 Å². The summed E-state index contributed by atoms with van der Waals surface area (Å²) in [5.74, 6) is 0.00588. The lowest BCUT2D eigenvalue weighted by molar-refractivity contribution is -0.139. The zero-order chi connectivity index (χ0) is 17.4. The van der Waals surface area contributed by atoms with E-state index in [1.165, 1.54) is 5.56 Å². The minimum atomic E-state index is -0.939. The largest absolute Gasteiger partial charge is 0.388 e. The van der Waals surface area contributed by atoms with E-state index >= 15 is 0 Å². The smallest absolute Gasteiger partial charge is 0.222 e. The van der Waals surface area contributed by atoms with Crippen molar-refractivity contribution in [3.05, 3.63) is 30.1 Å². The molecule has 1 aromatic heterocycles. The average Bonchev–Trinajstić information content (AvgIpc) is 2.60. The molecule has 6 nitrogen and oxygen atoms in total. The molecule has 0 bridgehead atoms. The third-order valence-corrected chi connectivity index (χ3v) is 4.61. The van der Waals surface area contributed by atoms with Crippen LogP contribution >= 0.6 is 0 Å². The molecule has 1 aliphatic rings. The first-order valence-corrected chi connectivity index (χ1v) is 8.62. The fraction of sp³-hybridized carbons (Fsp3) is 0.611. The van der Waals surface area contributed by atoms with Crippen molar-refractivity contribution in [3.63, 3.8) is 0 Å². The van der Waals surface area contributed by atoms with E-state index in [2.05, 4.69) is 10.3 Å². The van der Waals surface area contributed by atoms with Crippen LogP contribution in [0.15, 0.2) is 24.5 Å². The van der Waals surface area contributed by atoms with Crippen LogP contribution in [0.2, 0.25) is 0 Å². The number of pyridine rings is 1. The first kappa shape index (κ1) is 18.4. The number of carbonyl (C=O) groups excluding carboxylic acids is 2. The van der Waals surface area contributed by atoms with Crippen molar-refractivity contribution in [2.75, 3.05) is 20.1 Å². The first-order valence-electron chi connectivity index (χ1n) is 8.62. The van der Waals surface area contributed by atoms with Gasteiger partial charge in [0.25, 0.3) is 0 Å². The van der Waals surface area contributed by atoms with E-state index < -0.39 is 5.60 Å². The maximum Gasteiger partial charge on any atom is 0.222 e. The highest BCUT2D eigenvalue weighted by Crippen LogP contribution is 2.26. The van der Waals surface area contributed by atoms with E-state index in [9.17, 15) is 14.7 Å². The predicted octanol–water partition coefficient (Wildman–Crippen LogP) is 1.28. The van der Waals surface area contributed by atoms with Gasteiger partial charge in [-0.2, -0.15) is 0 Å². The van der Waals surface area contributed by atoms with Gasteiger partial charge in [-0.3, -0.25) is 14.6 Å². The topological polar surface area (TPSA) is 82.5 Å². The summed E-state index contributed by atoms with van der Waals surface area (Å²) in [6.45, 7) is 1.02. The quantitative estimate of drug-likeness (QED) is 0.787. The Morgan fingerprint density at radius 2 is 2.08 bits per heavy atom. The van der Waals surface area contributed by atoms with Crippen molar-refractivity contribution >= 4 is 11.8 Å². The van der Waals surface area contributed by atoms with E-state index in [1.54, 1.807) is 24.3 Å². The third-order valence-electron chi connectivity index (χ3n) is 4.61. The summed E-state index contributed by atoms with van der Waals surface area (Å²) in [5.41, 5.74) is 0.240. The van der Waals surface area contributed by atoms with Crippen LogP contribution in [0.1, 0.15) is 44.1 Å². The van der Waals surface area contributed by atoms with Crippen LogP contribution in [-0.4, -0.2) is 52.5 Å². The number of nitrogens with one attached hydrogen (secondary N) is 1. The summed E-state index contributed by atoms with van der Waals surface area (Å²) in [4.78, 5) is 29.5. The minimum Gasteiger partial charge on any atom is -0.388 e.